The van der Waals surface area contributed by atoms with E-state index in [1.807, 2.05) is 55.5 Å². The SMILES string of the molecule is Cc1ccc2ccc3cc(C(=O)Nc4nc5ccccc5s4)nc3c2[nH]1. The Kier molecular flexibility index (Phi) is 3.26. The van der Waals surface area contributed by atoms with Crippen LogP contribution in [0.3, 0.4) is 0 Å². The molecule has 2 aromatic carbocycles. The van der Waals surface area contributed by atoms with Crippen LogP contribution < -0.4 is 5.32 Å². The molecule has 0 fully saturated rings. The highest BCUT2D eigenvalue weighted by molar-refractivity contribution is 7.22. The third-order valence-electron chi connectivity index (χ3n) is 4.35. The molecule has 0 atom stereocenters. The van der Waals surface area contributed by atoms with E-state index in [2.05, 4.69) is 26.3 Å². The summed E-state index contributed by atoms with van der Waals surface area (Å²) in [4.78, 5) is 25.0. The maximum Gasteiger partial charge on any atom is 0.276 e. The van der Waals surface area contributed by atoms with Crippen LogP contribution in [0, 0.1) is 6.92 Å². The lowest BCUT2D eigenvalue weighted by Gasteiger charge is -2.01. The number of carbonyl (C=O) groups excluding carboxylic acids is 1. The minimum atomic E-state index is -0.249. The third kappa shape index (κ3) is 2.43. The van der Waals surface area contributed by atoms with Crippen LogP contribution in [-0.4, -0.2) is 20.9 Å². The molecule has 0 bridgehead atoms. The first-order chi connectivity index (χ1) is 12.7. The second-order valence-corrected chi connectivity index (χ2v) is 7.22. The number of rotatable bonds is 2. The molecule has 0 radical (unpaired) electrons. The monoisotopic (exact) mass is 358 g/mol. The Bertz CT molecular complexity index is 1270. The number of nitrogens with one attached hydrogen (secondary N) is 2. The highest BCUT2D eigenvalue weighted by Crippen LogP contribution is 2.27. The van der Waals surface area contributed by atoms with E-state index in [9.17, 15) is 4.79 Å². The van der Waals surface area contributed by atoms with Gasteiger partial charge in [0.25, 0.3) is 5.91 Å². The second-order valence-electron chi connectivity index (χ2n) is 6.19. The van der Waals surface area contributed by atoms with Crippen molar-refractivity contribution in [1.29, 1.82) is 0 Å². The Morgan fingerprint density at radius 3 is 2.73 bits per heavy atom. The van der Waals surface area contributed by atoms with Gasteiger partial charge in [-0.05, 0) is 31.2 Å². The number of benzene rings is 2. The fourth-order valence-corrected chi connectivity index (χ4v) is 3.95. The van der Waals surface area contributed by atoms with Gasteiger partial charge in [-0.2, -0.15) is 0 Å². The molecule has 3 aromatic heterocycles. The van der Waals surface area contributed by atoms with Crippen LogP contribution in [0.25, 0.3) is 32.0 Å². The zero-order chi connectivity index (χ0) is 17.7. The summed E-state index contributed by atoms with van der Waals surface area (Å²) in [6, 6.07) is 17.7. The number of aromatic amines is 1. The molecule has 0 aliphatic heterocycles. The summed E-state index contributed by atoms with van der Waals surface area (Å²) >= 11 is 1.45. The topological polar surface area (TPSA) is 70.7 Å². The van der Waals surface area contributed by atoms with E-state index in [1.165, 1.54) is 11.3 Å². The largest absolute Gasteiger partial charge is 0.357 e. The van der Waals surface area contributed by atoms with E-state index in [0.29, 0.717) is 10.8 Å². The number of anilines is 1. The number of pyridine rings is 1. The molecule has 3 heterocycles. The molecular weight excluding hydrogens is 344 g/mol. The van der Waals surface area contributed by atoms with Gasteiger partial charge in [-0.1, -0.05) is 41.7 Å². The quantitative estimate of drug-likeness (QED) is 0.472. The number of fused-ring (bicyclic) bond motifs is 4. The molecule has 2 N–H and O–H groups in total. The number of amides is 1. The number of hydrogen-bond donors (Lipinski definition) is 2. The van der Waals surface area contributed by atoms with E-state index >= 15 is 0 Å². The van der Waals surface area contributed by atoms with Crippen molar-refractivity contribution in [3.05, 3.63) is 66.0 Å². The van der Waals surface area contributed by atoms with Crippen LogP contribution in [0.4, 0.5) is 5.13 Å². The van der Waals surface area contributed by atoms with Crippen LogP contribution in [0.2, 0.25) is 0 Å². The number of hydrogen-bond acceptors (Lipinski definition) is 4. The lowest BCUT2D eigenvalue weighted by atomic mass is 10.1. The summed E-state index contributed by atoms with van der Waals surface area (Å²) < 4.78 is 1.04. The molecule has 26 heavy (non-hydrogen) atoms. The van der Waals surface area contributed by atoms with Crippen molar-refractivity contribution in [3.8, 4) is 0 Å². The average Bonchev–Trinajstić information content (AvgIpc) is 3.25. The van der Waals surface area contributed by atoms with E-state index in [1.54, 1.807) is 0 Å². The number of carbonyl (C=O) groups is 1. The molecular formula is C20H14N4OS. The molecule has 0 saturated heterocycles. The van der Waals surface area contributed by atoms with Gasteiger partial charge >= 0.3 is 0 Å². The molecule has 126 valence electrons. The number of aryl methyl sites for hydroxylation is 1. The van der Waals surface area contributed by atoms with Gasteiger partial charge in [0.05, 0.1) is 21.3 Å². The van der Waals surface area contributed by atoms with Crippen LogP contribution in [0.1, 0.15) is 16.2 Å². The molecule has 5 nitrogen and oxygen atoms in total. The molecule has 0 aliphatic rings. The van der Waals surface area contributed by atoms with Gasteiger partial charge in [0.2, 0.25) is 0 Å². The maximum absolute atomic E-state index is 12.6. The first-order valence-corrected chi connectivity index (χ1v) is 9.05. The first-order valence-electron chi connectivity index (χ1n) is 8.23. The van der Waals surface area contributed by atoms with E-state index < -0.39 is 0 Å². The van der Waals surface area contributed by atoms with Gasteiger partial charge in [-0.25, -0.2) is 9.97 Å². The normalized spacial score (nSPS) is 11.4. The fourth-order valence-electron chi connectivity index (χ4n) is 3.09. The molecule has 0 unspecified atom stereocenters. The highest BCUT2D eigenvalue weighted by Gasteiger charge is 2.15. The molecule has 0 spiro atoms. The summed E-state index contributed by atoms with van der Waals surface area (Å²) in [5, 5.41) is 5.45. The molecule has 1 amide bonds. The van der Waals surface area contributed by atoms with Gasteiger partial charge < -0.3 is 4.98 Å². The van der Waals surface area contributed by atoms with E-state index in [0.717, 1.165) is 37.7 Å². The minimum Gasteiger partial charge on any atom is -0.357 e. The van der Waals surface area contributed by atoms with Crippen molar-refractivity contribution in [2.24, 2.45) is 0 Å². The summed E-state index contributed by atoms with van der Waals surface area (Å²) in [6.45, 7) is 2.00. The van der Waals surface area contributed by atoms with Crippen molar-refractivity contribution >= 4 is 54.4 Å². The molecule has 5 rings (SSSR count). The number of thiazole rings is 1. The predicted molar refractivity (Wildman–Crippen MR) is 106 cm³/mol. The summed E-state index contributed by atoms with van der Waals surface area (Å²) in [5.74, 6) is -0.249. The Hall–Kier alpha value is -3.25. The van der Waals surface area contributed by atoms with Crippen LogP contribution in [0.15, 0.2) is 54.6 Å². The molecule has 0 saturated carbocycles. The van der Waals surface area contributed by atoms with Crippen molar-refractivity contribution in [3.63, 3.8) is 0 Å². The zero-order valence-electron chi connectivity index (χ0n) is 13.9. The zero-order valence-corrected chi connectivity index (χ0v) is 14.7. The summed E-state index contributed by atoms with van der Waals surface area (Å²) in [6.07, 6.45) is 0. The first kappa shape index (κ1) is 15.0. The number of para-hydroxylation sites is 1. The molecule has 0 aliphatic carbocycles. The fraction of sp³-hybridized carbons (Fsp3) is 0.0500. The van der Waals surface area contributed by atoms with Crippen LogP contribution >= 0.6 is 11.3 Å². The van der Waals surface area contributed by atoms with Crippen molar-refractivity contribution in [1.82, 2.24) is 15.0 Å². The van der Waals surface area contributed by atoms with Crippen molar-refractivity contribution in [2.75, 3.05) is 5.32 Å². The predicted octanol–water partition coefficient (Wildman–Crippen LogP) is 4.89. The minimum absolute atomic E-state index is 0.249. The standard InChI is InChI=1S/C20H14N4OS/c1-11-6-7-12-8-9-13-10-15(22-18(13)17(12)21-11)19(25)24-20-23-14-4-2-3-5-16(14)26-20/h2-10,21H,1H3,(H,23,24,25). The Balaban J connectivity index is 1.54. The highest BCUT2D eigenvalue weighted by atomic mass is 32.1. The number of nitrogens with zero attached hydrogens (tertiary/aromatic N) is 2. The third-order valence-corrected chi connectivity index (χ3v) is 5.30. The van der Waals surface area contributed by atoms with Crippen molar-refractivity contribution in [2.45, 2.75) is 6.92 Å². The van der Waals surface area contributed by atoms with E-state index in [4.69, 9.17) is 0 Å². The number of aromatic nitrogens is 3. The summed E-state index contributed by atoms with van der Waals surface area (Å²) in [7, 11) is 0. The average molecular weight is 358 g/mol. The maximum atomic E-state index is 12.6. The second kappa shape index (κ2) is 5.64. The van der Waals surface area contributed by atoms with Gasteiger partial charge in [-0.15, -0.1) is 0 Å². The Morgan fingerprint density at radius 1 is 1.04 bits per heavy atom. The van der Waals surface area contributed by atoms with Crippen molar-refractivity contribution < 1.29 is 4.79 Å². The van der Waals surface area contributed by atoms with Crippen LogP contribution in [-0.2, 0) is 0 Å². The Morgan fingerprint density at radius 2 is 1.85 bits per heavy atom. The van der Waals surface area contributed by atoms with Gasteiger partial charge in [0.15, 0.2) is 5.13 Å². The summed E-state index contributed by atoms with van der Waals surface area (Å²) in [5.41, 5.74) is 4.07. The Labute approximate surface area is 152 Å². The lowest BCUT2D eigenvalue weighted by molar-refractivity contribution is 0.102. The van der Waals surface area contributed by atoms with E-state index in [-0.39, 0.29) is 5.91 Å². The smallest absolute Gasteiger partial charge is 0.276 e. The van der Waals surface area contributed by atoms with Gasteiger partial charge in [-0.3, -0.25) is 10.1 Å². The van der Waals surface area contributed by atoms with Crippen LogP contribution in [0.5, 0.6) is 0 Å². The molecule has 5 aromatic rings. The van der Waals surface area contributed by atoms with Gasteiger partial charge in [0, 0.05) is 16.5 Å². The lowest BCUT2D eigenvalue weighted by Crippen LogP contribution is -2.11. The number of H-pyrrole nitrogens is 1. The molecule has 6 heteroatoms. The van der Waals surface area contributed by atoms with Gasteiger partial charge in [0.1, 0.15) is 5.69 Å².